The Bertz CT molecular complexity index is 1040. The van der Waals surface area contributed by atoms with Crippen molar-refractivity contribution in [2.24, 2.45) is 11.7 Å². The number of urea groups is 1. The summed E-state index contributed by atoms with van der Waals surface area (Å²) >= 11 is 1.04. The second-order valence-corrected chi connectivity index (χ2v) is 8.80. The number of nitrogens with zero attached hydrogens (tertiary/aromatic N) is 1. The van der Waals surface area contributed by atoms with E-state index in [1.165, 1.54) is 5.38 Å². The highest BCUT2D eigenvalue weighted by molar-refractivity contribution is 7.14. The number of anilines is 1. The molecule has 0 saturated carbocycles. The van der Waals surface area contributed by atoms with E-state index in [-0.39, 0.29) is 23.2 Å². The van der Waals surface area contributed by atoms with Gasteiger partial charge in [-0.15, -0.1) is 11.3 Å². The summed E-state index contributed by atoms with van der Waals surface area (Å²) in [6.45, 7) is 4.12. The van der Waals surface area contributed by atoms with Crippen molar-refractivity contribution in [1.29, 1.82) is 0 Å². The van der Waals surface area contributed by atoms with Gasteiger partial charge in [0.15, 0.2) is 5.13 Å². The molecule has 13 heteroatoms. The van der Waals surface area contributed by atoms with E-state index in [4.69, 9.17) is 5.73 Å². The Hall–Kier alpha value is -4.00. The van der Waals surface area contributed by atoms with E-state index in [1.807, 2.05) is 44.2 Å². The van der Waals surface area contributed by atoms with Gasteiger partial charge in [-0.3, -0.25) is 24.5 Å². The van der Waals surface area contributed by atoms with Crippen LogP contribution >= 0.6 is 11.3 Å². The van der Waals surface area contributed by atoms with Gasteiger partial charge in [0.25, 0.3) is 5.91 Å². The quantitative estimate of drug-likeness (QED) is 0.242. The molecule has 1 aromatic heterocycles. The Morgan fingerprint density at radius 2 is 1.71 bits per heavy atom. The summed E-state index contributed by atoms with van der Waals surface area (Å²) < 4.78 is 0. The SMILES string of the molecule is CC(C)CNC(=O)C[C@H](NC(=O)CNC(=O)c1csc(NC(=O)NCc2ccccc2)n1)C(N)=O. The van der Waals surface area contributed by atoms with Crippen molar-refractivity contribution >= 4 is 46.1 Å². The number of benzene rings is 1. The summed E-state index contributed by atoms with van der Waals surface area (Å²) in [6, 6.07) is 7.64. The fourth-order valence-electron chi connectivity index (χ4n) is 2.65. The van der Waals surface area contributed by atoms with Gasteiger partial charge in [0.2, 0.25) is 17.7 Å². The van der Waals surface area contributed by atoms with Gasteiger partial charge in [0, 0.05) is 18.5 Å². The van der Waals surface area contributed by atoms with Gasteiger partial charge in [-0.2, -0.15) is 0 Å². The van der Waals surface area contributed by atoms with Gasteiger partial charge in [-0.1, -0.05) is 44.2 Å². The summed E-state index contributed by atoms with van der Waals surface area (Å²) in [5.41, 5.74) is 6.19. The Morgan fingerprint density at radius 1 is 1.00 bits per heavy atom. The second kappa shape index (κ2) is 13.6. The lowest BCUT2D eigenvalue weighted by atomic mass is 10.1. The molecular formula is C22H29N7O5S. The molecule has 0 spiro atoms. The topological polar surface area (TPSA) is 184 Å². The number of rotatable bonds is 12. The fraction of sp³-hybridized carbons (Fsp3) is 0.364. The maximum Gasteiger partial charge on any atom is 0.321 e. The van der Waals surface area contributed by atoms with Crippen LogP contribution in [0.3, 0.4) is 0 Å². The van der Waals surface area contributed by atoms with Gasteiger partial charge in [0.1, 0.15) is 11.7 Å². The first kappa shape index (κ1) is 27.2. The molecule has 0 fully saturated rings. The molecule has 1 aromatic carbocycles. The molecule has 0 aliphatic rings. The lowest BCUT2D eigenvalue weighted by Crippen LogP contribution is -2.50. The molecule has 6 amide bonds. The third-order valence-electron chi connectivity index (χ3n) is 4.44. The average Bonchev–Trinajstić information content (AvgIpc) is 3.28. The number of aromatic nitrogens is 1. The smallest absolute Gasteiger partial charge is 0.321 e. The molecule has 2 rings (SSSR count). The van der Waals surface area contributed by atoms with Crippen LogP contribution in [0.25, 0.3) is 0 Å². The molecule has 2 aromatic rings. The molecule has 0 aliphatic carbocycles. The maximum absolute atomic E-state index is 12.3. The van der Waals surface area contributed by atoms with Gasteiger partial charge >= 0.3 is 6.03 Å². The lowest BCUT2D eigenvalue weighted by Gasteiger charge is -2.16. The van der Waals surface area contributed by atoms with Gasteiger partial charge in [0.05, 0.1) is 13.0 Å². The standard InChI is InChI=1S/C22H29N7O5S/c1-13(2)9-24-17(30)8-15(19(23)32)27-18(31)11-25-20(33)16-12-35-22(28-16)29-21(34)26-10-14-6-4-3-5-7-14/h3-7,12-13,15H,8-11H2,1-2H3,(H2,23,32)(H,24,30)(H,25,33)(H,27,31)(H2,26,28,29,34)/t15-/m0/s1. The summed E-state index contributed by atoms with van der Waals surface area (Å²) in [4.78, 5) is 63.9. The highest BCUT2D eigenvalue weighted by atomic mass is 32.1. The monoisotopic (exact) mass is 503 g/mol. The lowest BCUT2D eigenvalue weighted by molar-refractivity contribution is -0.130. The molecule has 0 radical (unpaired) electrons. The highest BCUT2D eigenvalue weighted by Crippen LogP contribution is 2.15. The van der Waals surface area contributed by atoms with Crippen LogP contribution in [0, 0.1) is 5.92 Å². The number of carbonyl (C=O) groups excluding carboxylic acids is 5. The van der Waals surface area contributed by atoms with E-state index in [2.05, 4.69) is 31.6 Å². The third-order valence-corrected chi connectivity index (χ3v) is 5.20. The molecule has 0 aliphatic heterocycles. The first-order valence-corrected chi connectivity index (χ1v) is 11.7. The van der Waals surface area contributed by atoms with Crippen LogP contribution in [-0.4, -0.2) is 53.8 Å². The van der Waals surface area contributed by atoms with Crippen molar-refractivity contribution in [2.75, 3.05) is 18.4 Å². The van der Waals surface area contributed by atoms with Crippen molar-refractivity contribution in [3.63, 3.8) is 0 Å². The second-order valence-electron chi connectivity index (χ2n) is 7.94. The molecule has 0 unspecified atom stereocenters. The molecule has 1 atom stereocenters. The molecule has 12 nitrogen and oxygen atoms in total. The summed E-state index contributed by atoms with van der Waals surface area (Å²) in [5, 5.41) is 14.2. The number of hydrogen-bond acceptors (Lipinski definition) is 7. The Balaban J connectivity index is 1.77. The van der Waals surface area contributed by atoms with Crippen LogP contribution in [-0.2, 0) is 20.9 Å². The molecule has 35 heavy (non-hydrogen) atoms. The van der Waals surface area contributed by atoms with Crippen molar-refractivity contribution in [2.45, 2.75) is 32.9 Å². The van der Waals surface area contributed by atoms with Crippen molar-refractivity contribution < 1.29 is 24.0 Å². The number of amides is 6. The number of hydrogen-bond donors (Lipinski definition) is 6. The number of carbonyl (C=O) groups is 5. The summed E-state index contributed by atoms with van der Waals surface area (Å²) in [5.74, 6) is -2.43. The zero-order valence-electron chi connectivity index (χ0n) is 19.4. The molecule has 0 bridgehead atoms. The number of nitrogens with one attached hydrogen (secondary N) is 5. The van der Waals surface area contributed by atoms with Gasteiger partial charge in [-0.05, 0) is 11.5 Å². The van der Waals surface area contributed by atoms with Crippen LogP contribution in [0.15, 0.2) is 35.7 Å². The average molecular weight is 504 g/mol. The predicted octanol–water partition coefficient (Wildman–Crippen LogP) is 0.327. The fourth-order valence-corrected chi connectivity index (χ4v) is 3.34. The third kappa shape index (κ3) is 10.2. The van der Waals surface area contributed by atoms with Crippen LogP contribution < -0.4 is 32.3 Å². The van der Waals surface area contributed by atoms with E-state index >= 15 is 0 Å². The maximum atomic E-state index is 12.3. The molecular weight excluding hydrogens is 474 g/mol. The van der Waals surface area contributed by atoms with E-state index in [0.29, 0.717) is 13.1 Å². The van der Waals surface area contributed by atoms with E-state index < -0.39 is 42.2 Å². The van der Waals surface area contributed by atoms with Crippen LogP contribution in [0.5, 0.6) is 0 Å². The normalized spacial score (nSPS) is 11.3. The van der Waals surface area contributed by atoms with E-state index in [0.717, 1.165) is 16.9 Å². The number of nitrogens with two attached hydrogens (primary N) is 1. The van der Waals surface area contributed by atoms with E-state index in [1.54, 1.807) is 0 Å². The van der Waals surface area contributed by atoms with Crippen molar-refractivity contribution in [3.05, 3.63) is 47.0 Å². The summed E-state index contributed by atoms with van der Waals surface area (Å²) in [6.07, 6.45) is -0.310. The zero-order chi connectivity index (χ0) is 25.8. The molecule has 0 saturated heterocycles. The number of thiazole rings is 1. The van der Waals surface area contributed by atoms with Gasteiger partial charge in [-0.25, -0.2) is 9.78 Å². The van der Waals surface area contributed by atoms with Crippen molar-refractivity contribution in [1.82, 2.24) is 26.3 Å². The van der Waals surface area contributed by atoms with Crippen molar-refractivity contribution in [3.8, 4) is 0 Å². The Labute approximate surface area is 206 Å². The summed E-state index contributed by atoms with van der Waals surface area (Å²) in [7, 11) is 0. The number of primary amides is 1. The van der Waals surface area contributed by atoms with Crippen LogP contribution in [0.2, 0.25) is 0 Å². The Morgan fingerprint density at radius 3 is 2.37 bits per heavy atom. The van der Waals surface area contributed by atoms with Gasteiger partial charge < -0.3 is 27.0 Å². The zero-order valence-corrected chi connectivity index (χ0v) is 20.2. The van der Waals surface area contributed by atoms with Crippen LogP contribution in [0.4, 0.5) is 9.93 Å². The first-order valence-electron chi connectivity index (χ1n) is 10.8. The minimum absolute atomic E-state index is 0.000624. The molecule has 7 N–H and O–H groups in total. The Kier molecular flexibility index (Phi) is 10.6. The van der Waals surface area contributed by atoms with Crippen LogP contribution in [0.1, 0.15) is 36.3 Å². The first-order chi connectivity index (χ1) is 16.6. The highest BCUT2D eigenvalue weighted by Gasteiger charge is 2.22. The van der Waals surface area contributed by atoms with E-state index in [9.17, 15) is 24.0 Å². The largest absolute Gasteiger partial charge is 0.368 e. The predicted molar refractivity (Wildman–Crippen MR) is 130 cm³/mol. The molecule has 1 heterocycles. The molecule has 188 valence electrons. The minimum Gasteiger partial charge on any atom is -0.368 e. The minimum atomic E-state index is -1.21.